The molecule has 10 heavy (non-hydrogen) atoms. The Balaban J connectivity index is 3.81. The highest BCUT2D eigenvalue weighted by Crippen LogP contribution is 1.86. The third-order valence-electron chi connectivity index (χ3n) is 1.16. The second kappa shape index (κ2) is 4.08. The van der Waals surface area contributed by atoms with Gasteiger partial charge in [-0.1, -0.05) is 0 Å². The fourth-order valence-corrected chi connectivity index (χ4v) is 0.481. The van der Waals surface area contributed by atoms with Crippen LogP contribution in [0.2, 0.25) is 0 Å². The molecule has 0 spiro atoms. The van der Waals surface area contributed by atoms with Crippen molar-refractivity contribution in [2.24, 2.45) is 0 Å². The summed E-state index contributed by atoms with van der Waals surface area (Å²) in [5.41, 5.74) is 0. The molecule has 0 bridgehead atoms. The molecule has 0 aromatic carbocycles. The van der Waals surface area contributed by atoms with Gasteiger partial charge in [0.2, 0.25) is 0 Å². The zero-order chi connectivity index (χ0) is 8.15. The molecular formula is C5H13N3O2. The minimum atomic E-state index is -0.931. The SMILES string of the molecule is CNC(=O)N(C)C(O)NC. The lowest BCUT2D eigenvalue weighted by Gasteiger charge is -2.21. The van der Waals surface area contributed by atoms with Crippen LogP contribution in [-0.2, 0) is 0 Å². The Morgan fingerprint density at radius 2 is 2.10 bits per heavy atom. The standard InChI is InChI=1S/C5H13N3O2/c1-6-4(9)8(3)5(10)7-2/h4,6,9H,1-3H3,(H,7,10). The van der Waals surface area contributed by atoms with E-state index in [1.54, 1.807) is 7.05 Å². The van der Waals surface area contributed by atoms with Gasteiger partial charge in [0.1, 0.15) is 0 Å². The van der Waals surface area contributed by atoms with Crippen LogP contribution in [-0.4, -0.2) is 43.5 Å². The summed E-state index contributed by atoms with van der Waals surface area (Å²) in [6, 6.07) is -0.332. The van der Waals surface area contributed by atoms with Gasteiger partial charge in [0, 0.05) is 14.1 Å². The Labute approximate surface area is 60.0 Å². The van der Waals surface area contributed by atoms with Crippen LogP contribution in [0.1, 0.15) is 0 Å². The lowest BCUT2D eigenvalue weighted by atomic mass is 10.7. The molecule has 0 saturated heterocycles. The van der Waals surface area contributed by atoms with E-state index in [2.05, 4.69) is 10.6 Å². The molecule has 1 unspecified atom stereocenters. The lowest BCUT2D eigenvalue weighted by Crippen LogP contribution is -2.48. The molecule has 1 atom stereocenters. The Kier molecular flexibility index (Phi) is 3.75. The number of hydrogen-bond acceptors (Lipinski definition) is 3. The number of rotatable bonds is 2. The number of aliphatic hydroxyl groups is 1. The highest BCUT2D eigenvalue weighted by Gasteiger charge is 2.12. The van der Waals surface area contributed by atoms with Crippen molar-refractivity contribution in [3.05, 3.63) is 0 Å². The van der Waals surface area contributed by atoms with Gasteiger partial charge in [0.05, 0.1) is 0 Å². The van der Waals surface area contributed by atoms with E-state index in [4.69, 9.17) is 5.11 Å². The molecule has 0 heterocycles. The number of amides is 2. The van der Waals surface area contributed by atoms with Crippen molar-refractivity contribution in [2.75, 3.05) is 21.1 Å². The summed E-state index contributed by atoms with van der Waals surface area (Å²) in [5, 5.41) is 13.8. The monoisotopic (exact) mass is 147 g/mol. The van der Waals surface area contributed by atoms with Gasteiger partial charge in [-0.15, -0.1) is 0 Å². The van der Waals surface area contributed by atoms with Crippen molar-refractivity contribution < 1.29 is 9.90 Å². The van der Waals surface area contributed by atoms with E-state index in [0.29, 0.717) is 0 Å². The molecule has 0 radical (unpaired) electrons. The highest BCUT2D eigenvalue weighted by atomic mass is 16.3. The third-order valence-corrected chi connectivity index (χ3v) is 1.16. The molecule has 3 N–H and O–H groups in total. The second-order valence-electron chi connectivity index (χ2n) is 1.83. The Morgan fingerprint density at radius 3 is 2.40 bits per heavy atom. The molecule has 5 nitrogen and oxygen atoms in total. The maximum absolute atomic E-state index is 10.7. The van der Waals surface area contributed by atoms with Crippen LogP contribution in [0.25, 0.3) is 0 Å². The molecule has 0 saturated carbocycles. The van der Waals surface area contributed by atoms with Crippen molar-refractivity contribution in [3.8, 4) is 0 Å². The molecule has 0 aromatic heterocycles. The minimum Gasteiger partial charge on any atom is -0.361 e. The minimum absolute atomic E-state index is 0.332. The summed E-state index contributed by atoms with van der Waals surface area (Å²) in [5.74, 6) is 0. The molecule has 0 aliphatic carbocycles. The summed E-state index contributed by atoms with van der Waals surface area (Å²) in [4.78, 5) is 11.9. The number of nitrogens with zero attached hydrogens (tertiary/aromatic N) is 1. The maximum Gasteiger partial charge on any atom is 0.319 e. The van der Waals surface area contributed by atoms with Gasteiger partial charge in [0.25, 0.3) is 0 Å². The average molecular weight is 147 g/mol. The van der Waals surface area contributed by atoms with Crippen LogP contribution >= 0.6 is 0 Å². The molecule has 60 valence electrons. The van der Waals surface area contributed by atoms with Crippen LogP contribution in [0, 0.1) is 0 Å². The average Bonchev–Trinajstić information content (AvgIpc) is 2.00. The van der Waals surface area contributed by atoms with Gasteiger partial charge < -0.3 is 10.4 Å². The van der Waals surface area contributed by atoms with Gasteiger partial charge >= 0.3 is 6.03 Å². The Morgan fingerprint density at radius 1 is 1.60 bits per heavy atom. The number of aliphatic hydroxyl groups excluding tert-OH is 1. The first kappa shape index (κ1) is 9.19. The lowest BCUT2D eigenvalue weighted by molar-refractivity contribution is 0.0261. The fourth-order valence-electron chi connectivity index (χ4n) is 0.481. The third kappa shape index (κ3) is 2.20. The Bertz CT molecular complexity index is 117. The maximum atomic E-state index is 10.7. The second-order valence-corrected chi connectivity index (χ2v) is 1.83. The molecule has 2 amide bonds. The van der Waals surface area contributed by atoms with E-state index < -0.39 is 6.35 Å². The van der Waals surface area contributed by atoms with E-state index >= 15 is 0 Å². The molecule has 5 heteroatoms. The smallest absolute Gasteiger partial charge is 0.319 e. The van der Waals surface area contributed by atoms with Gasteiger partial charge in [-0.05, 0) is 7.05 Å². The first-order valence-electron chi connectivity index (χ1n) is 2.93. The topological polar surface area (TPSA) is 64.6 Å². The van der Waals surface area contributed by atoms with E-state index in [-0.39, 0.29) is 6.03 Å². The predicted molar refractivity (Wildman–Crippen MR) is 37.3 cm³/mol. The number of hydrogen-bond donors (Lipinski definition) is 3. The van der Waals surface area contributed by atoms with Crippen molar-refractivity contribution in [1.29, 1.82) is 0 Å². The number of carbonyl (C=O) groups excluding carboxylic acids is 1. The van der Waals surface area contributed by atoms with E-state index in [9.17, 15) is 4.79 Å². The van der Waals surface area contributed by atoms with Crippen molar-refractivity contribution in [3.63, 3.8) is 0 Å². The van der Waals surface area contributed by atoms with Crippen LogP contribution in [0.5, 0.6) is 0 Å². The number of nitrogens with one attached hydrogen (secondary N) is 2. The van der Waals surface area contributed by atoms with E-state index in [1.165, 1.54) is 14.1 Å². The Hall–Kier alpha value is -0.810. The zero-order valence-corrected chi connectivity index (χ0v) is 6.38. The number of carbonyl (C=O) groups is 1. The number of urea groups is 1. The highest BCUT2D eigenvalue weighted by molar-refractivity contribution is 5.73. The van der Waals surface area contributed by atoms with Crippen LogP contribution in [0.3, 0.4) is 0 Å². The van der Waals surface area contributed by atoms with Crippen LogP contribution < -0.4 is 10.6 Å². The largest absolute Gasteiger partial charge is 0.361 e. The molecule has 0 aliphatic rings. The summed E-state index contributed by atoms with van der Waals surface area (Å²) in [6.45, 7) is 0. The van der Waals surface area contributed by atoms with Gasteiger partial charge in [-0.25, -0.2) is 4.79 Å². The van der Waals surface area contributed by atoms with E-state index in [1.807, 2.05) is 0 Å². The van der Waals surface area contributed by atoms with Crippen molar-refractivity contribution in [1.82, 2.24) is 15.5 Å². The molecule has 0 aromatic rings. The van der Waals surface area contributed by atoms with Gasteiger partial charge in [-0.2, -0.15) is 0 Å². The quantitative estimate of drug-likeness (QED) is 0.428. The van der Waals surface area contributed by atoms with Crippen LogP contribution in [0.4, 0.5) is 4.79 Å². The first-order valence-corrected chi connectivity index (χ1v) is 2.93. The van der Waals surface area contributed by atoms with Gasteiger partial charge in [0.15, 0.2) is 6.35 Å². The summed E-state index contributed by atoms with van der Waals surface area (Å²) in [7, 11) is 4.55. The van der Waals surface area contributed by atoms with Gasteiger partial charge in [-0.3, -0.25) is 10.2 Å². The summed E-state index contributed by atoms with van der Waals surface area (Å²) < 4.78 is 0. The normalized spacial score (nSPS) is 12.4. The first-order chi connectivity index (χ1) is 4.63. The molecule has 0 fully saturated rings. The zero-order valence-electron chi connectivity index (χ0n) is 6.38. The summed E-state index contributed by atoms with van der Waals surface area (Å²) in [6.07, 6.45) is -0.931. The van der Waals surface area contributed by atoms with Crippen molar-refractivity contribution >= 4 is 6.03 Å². The predicted octanol–water partition coefficient (Wildman–Crippen LogP) is -1.25. The molecule has 0 rings (SSSR count). The molecular weight excluding hydrogens is 134 g/mol. The fraction of sp³-hybridized carbons (Fsp3) is 0.800. The van der Waals surface area contributed by atoms with Crippen molar-refractivity contribution in [2.45, 2.75) is 6.35 Å². The van der Waals surface area contributed by atoms with E-state index in [0.717, 1.165) is 4.90 Å². The molecule has 0 aliphatic heterocycles. The summed E-state index contributed by atoms with van der Waals surface area (Å²) >= 11 is 0. The van der Waals surface area contributed by atoms with Crippen LogP contribution in [0.15, 0.2) is 0 Å².